The third kappa shape index (κ3) is 4.76. The Balaban J connectivity index is 2.04. The number of aromatic nitrogens is 1. The molecule has 2 heterocycles. The van der Waals surface area contributed by atoms with Crippen LogP contribution in [0.1, 0.15) is 35.3 Å². The molecule has 1 saturated heterocycles. The van der Waals surface area contributed by atoms with Gasteiger partial charge in [-0.2, -0.15) is 0 Å². The van der Waals surface area contributed by atoms with E-state index in [-0.39, 0.29) is 5.92 Å². The Kier molecular flexibility index (Phi) is 5.80. The first-order valence-electron chi connectivity index (χ1n) is 7.75. The summed E-state index contributed by atoms with van der Waals surface area (Å²) in [7, 11) is -2.81. The van der Waals surface area contributed by atoms with Gasteiger partial charge in [0.2, 0.25) is 0 Å². The fourth-order valence-corrected chi connectivity index (χ4v) is 5.86. The Labute approximate surface area is 132 Å². The minimum Gasteiger partial charge on any atom is -0.316 e. The van der Waals surface area contributed by atoms with Crippen LogP contribution in [0.4, 0.5) is 0 Å². The van der Waals surface area contributed by atoms with Gasteiger partial charge in [0.1, 0.15) is 0 Å². The highest BCUT2D eigenvalue weighted by molar-refractivity contribution is 7.91. The predicted molar refractivity (Wildman–Crippen MR) is 88.7 cm³/mol. The molecule has 0 saturated carbocycles. The van der Waals surface area contributed by atoms with Gasteiger partial charge in [0.05, 0.1) is 22.2 Å². The first-order chi connectivity index (χ1) is 9.91. The molecule has 1 N–H and O–H groups in total. The molecule has 6 heteroatoms. The van der Waals surface area contributed by atoms with Crippen LogP contribution >= 0.6 is 11.3 Å². The lowest BCUT2D eigenvalue weighted by molar-refractivity contribution is 0.343. The van der Waals surface area contributed by atoms with Crippen molar-refractivity contribution in [3.63, 3.8) is 0 Å². The average molecular weight is 331 g/mol. The van der Waals surface area contributed by atoms with Gasteiger partial charge >= 0.3 is 0 Å². The normalized spacial score (nSPS) is 22.5. The smallest absolute Gasteiger partial charge is 0.150 e. The Morgan fingerprint density at radius 1 is 1.43 bits per heavy atom. The standard InChI is InChI=1S/C15H26N2O2S2/c1-4-6-16-9-14(13-5-7-21(18,19)10-13)8-15-17-11(2)12(3)20-15/h13-14,16H,4-10H2,1-3H3. The van der Waals surface area contributed by atoms with Crippen LogP contribution in [0.3, 0.4) is 0 Å². The summed E-state index contributed by atoms with van der Waals surface area (Å²) in [6.45, 7) is 8.17. The molecule has 21 heavy (non-hydrogen) atoms. The van der Waals surface area contributed by atoms with Crippen molar-refractivity contribution < 1.29 is 8.42 Å². The maximum Gasteiger partial charge on any atom is 0.150 e. The maximum atomic E-state index is 11.8. The van der Waals surface area contributed by atoms with Crippen molar-refractivity contribution in [2.75, 3.05) is 24.6 Å². The van der Waals surface area contributed by atoms with Crippen molar-refractivity contribution in [1.29, 1.82) is 0 Å². The minimum absolute atomic E-state index is 0.281. The van der Waals surface area contributed by atoms with Crippen molar-refractivity contribution in [3.05, 3.63) is 15.6 Å². The first kappa shape index (κ1) is 16.9. The zero-order valence-electron chi connectivity index (χ0n) is 13.2. The lowest BCUT2D eigenvalue weighted by atomic mass is 9.89. The highest BCUT2D eigenvalue weighted by Gasteiger charge is 2.33. The van der Waals surface area contributed by atoms with Crippen LogP contribution < -0.4 is 5.32 Å². The van der Waals surface area contributed by atoms with Gasteiger partial charge in [0.25, 0.3) is 0 Å². The molecular weight excluding hydrogens is 304 g/mol. The quantitative estimate of drug-likeness (QED) is 0.780. The molecule has 2 atom stereocenters. The van der Waals surface area contributed by atoms with E-state index in [1.165, 1.54) is 4.88 Å². The highest BCUT2D eigenvalue weighted by Crippen LogP contribution is 2.30. The third-order valence-electron chi connectivity index (χ3n) is 4.28. The molecule has 0 aromatic carbocycles. The van der Waals surface area contributed by atoms with E-state index < -0.39 is 9.84 Å². The molecule has 120 valence electrons. The maximum absolute atomic E-state index is 11.8. The molecule has 0 spiro atoms. The molecule has 0 amide bonds. The number of aryl methyl sites for hydroxylation is 2. The molecule has 0 aliphatic carbocycles. The molecule has 1 aliphatic rings. The molecule has 1 aromatic rings. The first-order valence-corrected chi connectivity index (χ1v) is 10.4. The summed E-state index contributed by atoms with van der Waals surface area (Å²) in [5, 5.41) is 4.61. The van der Waals surface area contributed by atoms with E-state index in [1.807, 2.05) is 6.92 Å². The Hall–Kier alpha value is -0.460. The SMILES string of the molecule is CCCNCC(Cc1nc(C)c(C)s1)C1CCS(=O)(=O)C1. The van der Waals surface area contributed by atoms with E-state index in [9.17, 15) is 8.42 Å². The second kappa shape index (κ2) is 7.20. The molecule has 2 rings (SSSR count). The van der Waals surface area contributed by atoms with Crippen LogP contribution in [0.5, 0.6) is 0 Å². The van der Waals surface area contributed by atoms with Gasteiger partial charge in [-0.05, 0) is 51.6 Å². The van der Waals surface area contributed by atoms with E-state index in [0.717, 1.165) is 43.1 Å². The summed E-state index contributed by atoms with van der Waals surface area (Å²) >= 11 is 1.75. The summed E-state index contributed by atoms with van der Waals surface area (Å²) in [6.07, 6.45) is 2.81. The Bertz CT molecular complexity index is 547. The van der Waals surface area contributed by atoms with Gasteiger partial charge in [-0.25, -0.2) is 13.4 Å². The zero-order chi connectivity index (χ0) is 15.5. The van der Waals surface area contributed by atoms with E-state index in [4.69, 9.17) is 0 Å². The topological polar surface area (TPSA) is 59.1 Å². The monoisotopic (exact) mass is 330 g/mol. The predicted octanol–water partition coefficient (Wildman–Crippen LogP) is 2.35. The number of sulfone groups is 1. The van der Waals surface area contributed by atoms with Gasteiger partial charge in [0, 0.05) is 11.3 Å². The van der Waals surface area contributed by atoms with Crippen LogP contribution in [-0.2, 0) is 16.3 Å². The lowest BCUT2D eigenvalue weighted by Crippen LogP contribution is -2.31. The fraction of sp³-hybridized carbons (Fsp3) is 0.800. The molecule has 0 bridgehead atoms. The lowest BCUT2D eigenvalue weighted by Gasteiger charge is -2.22. The molecule has 2 unspecified atom stereocenters. The number of nitrogens with one attached hydrogen (secondary N) is 1. The van der Waals surface area contributed by atoms with Gasteiger partial charge < -0.3 is 5.32 Å². The second-order valence-corrected chi connectivity index (χ2v) is 9.60. The fourth-order valence-electron chi connectivity index (χ4n) is 2.92. The van der Waals surface area contributed by atoms with E-state index >= 15 is 0 Å². The minimum atomic E-state index is -2.81. The zero-order valence-corrected chi connectivity index (χ0v) is 14.8. The van der Waals surface area contributed by atoms with E-state index in [1.54, 1.807) is 11.3 Å². The van der Waals surface area contributed by atoms with Crippen molar-refractivity contribution in [1.82, 2.24) is 10.3 Å². The summed E-state index contributed by atoms with van der Waals surface area (Å²) in [5.41, 5.74) is 1.11. The van der Waals surface area contributed by atoms with Crippen molar-refractivity contribution >= 4 is 21.2 Å². The Morgan fingerprint density at radius 3 is 2.71 bits per heavy atom. The van der Waals surface area contributed by atoms with Crippen molar-refractivity contribution in [2.24, 2.45) is 11.8 Å². The highest BCUT2D eigenvalue weighted by atomic mass is 32.2. The van der Waals surface area contributed by atoms with Gasteiger partial charge in [-0.15, -0.1) is 11.3 Å². The van der Waals surface area contributed by atoms with Crippen LogP contribution in [0.25, 0.3) is 0 Å². The Morgan fingerprint density at radius 2 is 2.19 bits per heavy atom. The number of thiazole rings is 1. The van der Waals surface area contributed by atoms with Gasteiger partial charge in [-0.3, -0.25) is 0 Å². The van der Waals surface area contributed by atoms with Gasteiger partial charge in [0.15, 0.2) is 9.84 Å². The van der Waals surface area contributed by atoms with Crippen LogP contribution in [-0.4, -0.2) is 38.0 Å². The van der Waals surface area contributed by atoms with Crippen LogP contribution in [0.2, 0.25) is 0 Å². The third-order valence-corrected chi connectivity index (χ3v) is 7.17. The molecular formula is C15H26N2O2S2. The van der Waals surface area contributed by atoms with Gasteiger partial charge in [-0.1, -0.05) is 6.92 Å². The summed E-state index contributed by atoms with van der Waals surface area (Å²) < 4.78 is 23.5. The average Bonchev–Trinajstić information content (AvgIpc) is 2.92. The number of hydrogen-bond donors (Lipinski definition) is 1. The molecule has 0 radical (unpaired) electrons. The number of nitrogens with zero attached hydrogens (tertiary/aromatic N) is 1. The van der Waals surface area contributed by atoms with Crippen molar-refractivity contribution in [3.8, 4) is 0 Å². The summed E-state index contributed by atoms with van der Waals surface area (Å²) in [5.74, 6) is 1.37. The second-order valence-electron chi connectivity index (χ2n) is 6.08. The van der Waals surface area contributed by atoms with Crippen molar-refractivity contribution in [2.45, 2.75) is 40.0 Å². The van der Waals surface area contributed by atoms with Crippen LogP contribution in [0.15, 0.2) is 0 Å². The number of rotatable bonds is 7. The number of hydrogen-bond acceptors (Lipinski definition) is 5. The summed E-state index contributed by atoms with van der Waals surface area (Å²) in [4.78, 5) is 5.90. The molecule has 1 fully saturated rings. The van der Waals surface area contributed by atoms with Crippen LogP contribution in [0, 0.1) is 25.7 Å². The summed E-state index contributed by atoms with van der Waals surface area (Å²) in [6, 6.07) is 0. The van der Waals surface area contributed by atoms with E-state index in [0.29, 0.717) is 17.4 Å². The molecule has 4 nitrogen and oxygen atoms in total. The molecule has 1 aliphatic heterocycles. The largest absolute Gasteiger partial charge is 0.316 e. The molecule has 1 aromatic heterocycles. The van der Waals surface area contributed by atoms with E-state index in [2.05, 4.69) is 24.1 Å².